The molecule has 2 amide bonds. The highest BCUT2D eigenvalue weighted by Crippen LogP contribution is 2.27. The number of imidazole rings is 1. The standard InChI is InChI=1S/C22H23Cl2N5O2/c1-14-18(13-19(30)27-28-10-3-2-4-11-28)29-12-6-9-17(21(29)25-14)26-22(31)20-15(23)7-5-8-16(20)24/h5-9,12H,2-4,10-11,13H2,1H3,(H,26,31)(H,27,30). The van der Waals surface area contributed by atoms with Crippen LogP contribution >= 0.6 is 23.2 Å². The summed E-state index contributed by atoms with van der Waals surface area (Å²) in [7, 11) is 0. The molecule has 2 N–H and O–H groups in total. The largest absolute Gasteiger partial charge is 0.319 e. The Hall–Kier alpha value is -2.61. The predicted octanol–water partition coefficient (Wildman–Crippen LogP) is 4.26. The predicted molar refractivity (Wildman–Crippen MR) is 122 cm³/mol. The van der Waals surface area contributed by atoms with Gasteiger partial charge in [0.25, 0.3) is 5.91 Å². The van der Waals surface area contributed by atoms with E-state index in [4.69, 9.17) is 23.2 Å². The molecule has 0 atom stereocenters. The quantitative estimate of drug-likeness (QED) is 0.597. The fourth-order valence-corrected chi connectivity index (χ4v) is 4.38. The molecule has 1 fully saturated rings. The number of pyridine rings is 1. The van der Waals surface area contributed by atoms with Gasteiger partial charge in [0.2, 0.25) is 5.91 Å². The van der Waals surface area contributed by atoms with Crippen molar-refractivity contribution in [3.63, 3.8) is 0 Å². The Balaban J connectivity index is 1.57. The first-order valence-electron chi connectivity index (χ1n) is 10.2. The fraction of sp³-hybridized carbons (Fsp3) is 0.318. The number of hydrazine groups is 1. The van der Waals surface area contributed by atoms with Crippen LogP contribution in [0, 0.1) is 6.92 Å². The van der Waals surface area contributed by atoms with Crippen LogP contribution in [-0.4, -0.2) is 39.3 Å². The number of aromatic nitrogens is 2. The smallest absolute Gasteiger partial charge is 0.258 e. The van der Waals surface area contributed by atoms with Gasteiger partial charge in [0.05, 0.1) is 39.1 Å². The molecule has 1 aliphatic rings. The lowest BCUT2D eigenvalue weighted by atomic mass is 10.2. The van der Waals surface area contributed by atoms with Crippen molar-refractivity contribution < 1.29 is 9.59 Å². The second-order valence-electron chi connectivity index (χ2n) is 7.57. The first kappa shape index (κ1) is 21.6. The van der Waals surface area contributed by atoms with Crippen LogP contribution in [0.2, 0.25) is 10.0 Å². The van der Waals surface area contributed by atoms with Crippen LogP contribution in [0.15, 0.2) is 36.5 Å². The monoisotopic (exact) mass is 459 g/mol. The molecule has 31 heavy (non-hydrogen) atoms. The molecule has 162 valence electrons. The van der Waals surface area contributed by atoms with E-state index in [0.29, 0.717) is 11.3 Å². The first-order chi connectivity index (χ1) is 14.9. The summed E-state index contributed by atoms with van der Waals surface area (Å²) in [5.41, 5.74) is 5.75. The van der Waals surface area contributed by atoms with E-state index in [0.717, 1.165) is 37.3 Å². The van der Waals surface area contributed by atoms with E-state index in [-0.39, 0.29) is 27.9 Å². The highest BCUT2D eigenvalue weighted by atomic mass is 35.5. The highest BCUT2D eigenvalue weighted by molar-refractivity contribution is 6.40. The van der Waals surface area contributed by atoms with Gasteiger partial charge in [0, 0.05) is 19.3 Å². The molecular weight excluding hydrogens is 437 g/mol. The number of nitrogens with zero attached hydrogens (tertiary/aromatic N) is 3. The van der Waals surface area contributed by atoms with Crippen molar-refractivity contribution in [2.24, 2.45) is 0 Å². The van der Waals surface area contributed by atoms with Crippen molar-refractivity contribution in [3.05, 3.63) is 63.5 Å². The Bertz CT molecular complexity index is 1120. The average Bonchev–Trinajstić information content (AvgIpc) is 3.05. The zero-order chi connectivity index (χ0) is 22.0. The van der Waals surface area contributed by atoms with Crippen molar-refractivity contribution in [2.45, 2.75) is 32.6 Å². The van der Waals surface area contributed by atoms with Gasteiger partial charge in [-0.15, -0.1) is 0 Å². The number of carbonyl (C=O) groups is 2. The van der Waals surface area contributed by atoms with Gasteiger partial charge in [-0.25, -0.2) is 9.99 Å². The van der Waals surface area contributed by atoms with Crippen LogP contribution in [0.4, 0.5) is 5.69 Å². The second-order valence-corrected chi connectivity index (χ2v) is 8.38. The Labute approximate surface area is 190 Å². The van der Waals surface area contributed by atoms with Crippen molar-refractivity contribution >= 4 is 46.4 Å². The summed E-state index contributed by atoms with van der Waals surface area (Å²) < 4.78 is 1.83. The molecule has 2 aromatic heterocycles. The van der Waals surface area contributed by atoms with E-state index < -0.39 is 5.91 Å². The number of anilines is 1. The van der Waals surface area contributed by atoms with Crippen molar-refractivity contribution in [1.82, 2.24) is 19.8 Å². The van der Waals surface area contributed by atoms with Gasteiger partial charge in [-0.2, -0.15) is 0 Å². The van der Waals surface area contributed by atoms with Crippen LogP contribution in [0.3, 0.4) is 0 Å². The van der Waals surface area contributed by atoms with Crippen molar-refractivity contribution in [1.29, 1.82) is 0 Å². The zero-order valence-electron chi connectivity index (χ0n) is 17.1. The third-order valence-corrected chi connectivity index (χ3v) is 5.98. The number of amides is 2. The number of aryl methyl sites for hydroxylation is 1. The van der Waals surface area contributed by atoms with Gasteiger partial charge >= 0.3 is 0 Å². The lowest BCUT2D eigenvalue weighted by Crippen LogP contribution is -2.45. The fourth-order valence-electron chi connectivity index (χ4n) is 3.81. The number of benzene rings is 1. The van der Waals surface area contributed by atoms with Crippen LogP contribution in [0.5, 0.6) is 0 Å². The Morgan fingerprint density at radius 3 is 2.48 bits per heavy atom. The molecule has 1 aromatic carbocycles. The minimum absolute atomic E-state index is 0.0795. The van der Waals surface area contributed by atoms with Gasteiger partial charge < -0.3 is 9.72 Å². The molecule has 3 aromatic rings. The normalized spacial score (nSPS) is 14.5. The highest BCUT2D eigenvalue weighted by Gasteiger charge is 2.20. The molecule has 0 bridgehead atoms. The molecule has 0 spiro atoms. The van der Waals surface area contributed by atoms with Crippen LogP contribution < -0.4 is 10.7 Å². The number of hydrogen-bond donors (Lipinski definition) is 2. The molecule has 3 heterocycles. The van der Waals surface area contributed by atoms with E-state index in [9.17, 15) is 9.59 Å². The summed E-state index contributed by atoms with van der Waals surface area (Å²) in [6.45, 7) is 3.60. The van der Waals surface area contributed by atoms with E-state index in [2.05, 4.69) is 15.7 Å². The lowest BCUT2D eigenvalue weighted by molar-refractivity contribution is -0.125. The van der Waals surface area contributed by atoms with Crippen molar-refractivity contribution in [3.8, 4) is 0 Å². The summed E-state index contributed by atoms with van der Waals surface area (Å²) in [5.74, 6) is -0.502. The summed E-state index contributed by atoms with van der Waals surface area (Å²) in [5, 5.41) is 5.36. The molecule has 1 aliphatic heterocycles. The molecule has 0 aliphatic carbocycles. The number of fused-ring (bicyclic) bond motifs is 1. The molecule has 0 unspecified atom stereocenters. The summed E-state index contributed by atoms with van der Waals surface area (Å²) in [6, 6.07) is 8.45. The number of nitrogens with one attached hydrogen (secondary N) is 2. The number of halogens is 2. The molecule has 0 saturated carbocycles. The summed E-state index contributed by atoms with van der Waals surface area (Å²) in [4.78, 5) is 30.0. The SMILES string of the molecule is Cc1nc2c(NC(=O)c3c(Cl)cccc3Cl)cccn2c1CC(=O)NN1CCCCC1. The van der Waals surface area contributed by atoms with Gasteiger partial charge in [-0.1, -0.05) is 35.7 Å². The number of carbonyl (C=O) groups excluding carboxylic acids is 2. The Morgan fingerprint density at radius 1 is 1.06 bits per heavy atom. The Morgan fingerprint density at radius 2 is 1.77 bits per heavy atom. The Kier molecular flexibility index (Phi) is 6.46. The minimum atomic E-state index is -0.422. The molecule has 9 heteroatoms. The third-order valence-electron chi connectivity index (χ3n) is 5.35. The zero-order valence-corrected chi connectivity index (χ0v) is 18.6. The maximum atomic E-state index is 12.8. The van der Waals surface area contributed by atoms with E-state index in [1.54, 1.807) is 30.3 Å². The second kappa shape index (κ2) is 9.26. The molecule has 0 radical (unpaired) electrons. The van der Waals surface area contributed by atoms with Gasteiger partial charge in [-0.3, -0.25) is 15.0 Å². The first-order valence-corrected chi connectivity index (χ1v) is 11.0. The number of rotatable bonds is 5. The van der Waals surface area contributed by atoms with Crippen LogP contribution in [0.1, 0.15) is 41.0 Å². The van der Waals surface area contributed by atoms with E-state index in [1.165, 1.54) is 6.42 Å². The van der Waals surface area contributed by atoms with Gasteiger partial charge in [0.1, 0.15) is 0 Å². The topological polar surface area (TPSA) is 78.7 Å². The van der Waals surface area contributed by atoms with E-state index >= 15 is 0 Å². The van der Waals surface area contributed by atoms with Gasteiger partial charge in [-0.05, 0) is 44.0 Å². The van der Waals surface area contributed by atoms with Crippen LogP contribution in [0.25, 0.3) is 5.65 Å². The molecule has 1 saturated heterocycles. The number of piperidine rings is 1. The molecule has 7 nitrogen and oxygen atoms in total. The summed E-state index contributed by atoms with van der Waals surface area (Å²) >= 11 is 12.3. The lowest BCUT2D eigenvalue weighted by Gasteiger charge is -2.26. The third kappa shape index (κ3) is 4.69. The van der Waals surface area contributed by atoms with Crippen LogP contribution in [-0.2, 0) is 11.2 Å². The van der Waals surface area contributed by atoms with E-state index in [1.807, 2.05) is 22.5 Å². The maximum absolute atomic E-state index is 12.8. The molecular formula is C22H23Cl2N5O2. The average molecular weight is 460 g/mol. The van der Waals surface area contributed by atoms with Gasteiger partial charge in [0.15, 0.2) is 5.65 Å². The number of hydrogen-bond acceptors (Lipinski definition) is 4. The maximum Gasteiger partial charge on any atom is 0.258 e. The van der Waals surface area contributed by atoms with Crippen molar-refractivity contribution in [2.75, 3.05) is 18.4 Å². The molecule has 4 rings (SSSR count). The summed E-state index contributed by atoms with van der Waals surface area (Å²) in [6.07, 6.45) is 5.40. The minimum Gasteiger partial charge on any atom is -0.319 e.